The van der Waals surface area contributed by atoms with Gasteiger partial charge in [0.15, 0.2) is 0 Å². The van der Waals surface area contributed by atoms with E-state index in [9.17, 15) is 0 Å². The molecule has 0 spiro atoms. The highest BCUT2D eigenvalue weighted by molar-refractivity contribution is 9.11. The molecule has 1 fully saturated rings. The summed E-state index contributed by atoms with van der Waals surface area (Å²) in [6.07, 6.45) is 0. The Bertz CT molecular complexity index is 394. The number of thiophene rings is 1. The van der Waals surface area contributed by atoms with Gasteiger partial charge in [0.2, 0.25) is 0 Å². The molecular weight excluding hydrogens is 294 g/mol. The molecule has 1 N–H and O–H groups in total. The molecule has 1 unspecified atom stereocenters. The molecular formula is C14H22BrNS. The molecule has 0 aromatic carbocycles. The minimum atomic E-state index is 0.427. The van der Waals surface area contributed by atoms with E-state index in [0.717, 1.165) is 12.5 Å². The Kier molecular flexibility index (Phi) is 3.48. The van der Waals surface area contributed by atoms with E-state index in [2.05, 4.69) is 68.0 Å². The summed E-state index contributed by atoms with van der Waals surface area (Å²) in [5.41, 5.74) is 0.854. The zero-order valence-electron chi connectivity index (χ0n) is 11.3. The van der Waals surface area contributed by atoms with Gasteiger partial charge in [0.1, 0.15) is 0 Å². The molecule has 1 heterocycles. The maximum atomic E-state index is 3.68. The van der Waals surface area contributed by atoms with Gasteiger partial charge in [0.05, 0.1) is 3.79 Å². The summed E-state index contributed by atoms with van der Waals surface area (Å²) in [5.74, 6) is 0.723. The third-order valence-corrected chi connectivity index (χ3v) is 6.50. The van der Waals surface area contributed by atoms with Crippen LogP contribution in [0.25, 0.3) is 0 Å². The summed E-state index contributed by atoms with van der Waals surface area (Å²) in [6, 6.07) is 4.92. The van der Waals surface area contributed by atoms with Gasteiger partial charge in [-0.15, -0.1) is 11.3 Å². The maximum absolute atomic E-state index is 3.68. The fraction of sp³-hybridized carbons (Fsp3) is 0.714. The standard InChI is InChI=1S/C14H22BrNS/c1-6-16-11(9-7-8-10(15)17-9)12-13(2,3)14(12,4)5/h7-8,11-12,16H,6H2,1-5H3. The van der Waals surface area contributed by atoms with E-state index in [0.29, 0.717) is 16.9 Å². The topological polar surface area (TPSA) is 12.0 Å². The van der Waals surface area contributed by atoms with Gasteiger partial charge in [-0.1, -0.05) is 34.6 Å². The summed E-state index contributed by atoms with van der Waals surface area (Å²) in [7, 11) is 0. The number of nitrogens with one attached hydrogen (secondary N) is 1. The number of rotatable bonds is 4. The van der Waals surface area contributed by atoms with E-state index in [4.69, 9.17) is 0 Å². The Labute approximate surface area is 117 Å². The summed E-state index contributed by atoms with van der Waals surface area (Å²) < 4.78 is 1.23. The Hall–Kier alpha value is 0.140. The molecule has 1 saturated carbocycles. The van der Waals surface area contributed by atoms with E-state index in [1.807, 2.05) is 11.3 Å². The van der Waals surface area contributed by atoms with E-state index >= 15 is 0 Å². The van der Waals surface area contributed by atoms with Gasteiger partial charge in [-0.3, -0.25) is 0 Å². The first-order valence-electron chi connectivity index (χ1n) is 6.31. The SMILES string of the molecule is CCNC(c1ccc(Br)s1)C1C(C)(C)C1(C)C. The van der Waals surface area contributed by atoms with Crippen molar-refractivity contribution in [2.24, 2.45) is 16.7 Å². The van der Waals surface area contributed by atoms with Crippen LogP contribution < -0.4 is 5.32 Å². The second-order valence-electron chi connectivity index (χ2n) is 6.10. The minimum Gasteiger partial charge on any atom is -0.309 e. The third-order valence-electron chi connectivity index (χ3n) is 4.79. The highest BCUT2D eigenvalue weighted by atomic mass is 79.9. The van der Waals surface area contributed by atoms with Gasteiger partial charge < -0.3 is 5.32 Å². The lowest BCUT2D eigenvalue weighted by Crippen LogP contribution is -2.24. The van der Waals surface area contributed by atoms with Gasteiger partial charge in [-0.25, -0.2) is 0 Å². The van der Waals surface area contributed by atoms with E-state index < -0.39 is 0 Å². The van der Waals surface area contributed by atoms with Crippen LogP contribution in [0, 0.1) is 16.7 Å². The lowest BCUT2D eigenvalue weighted by atomic mass is 10.0. The summed E-state index contributed by atoms with van der Waals surface area (Å²) in [4.78, 5) is 1.46. The van der Waals surface area contributed by atoms with Crippen molar-refractivity contribution in [3.63, 3.8) is 0 Å². The second kappa shape index (κ2) is 4.36. The van der Waals surface area contributed by atoms with Crippen LogP contribution >= 0.6 is 27.3 Å². The molecule has 2 rings (SSSR count). The van der Waals surface area contributed by atoms with Gasteiger partial charge in [-0.05, 0) is 51.4 Å². The smallest absolute Gasteiger partial charge is 0.0701 e. The molecule has 1 aliphatic carbocycles. The lowest BCUT2D eigenvalue weighted by Gasteiger charge is -2.18. The first-order chi connectivity index (χ1) is 7.82. The van der Waals surface area contributed by atoms with Crippen LogP contribution in [0.5, 0.6) is 0 Å². The summed E-state index contributed by atoms with van der Waals surface area (Å²) in [5, 5.41) is 3.68. The van der Waals surface area contributed by atoms with Crippen molar-refractivity contribution in [1.82, 2.24) is 5.32 Å². The van der Waals surface area contributed by atoms with Gasteiger partial charge >= 0.3 is 0 Å². The van der Waals surface area contributed by atoms with Crippen molar-refractivity contribution in [3.05, 3.63) is 20.8 Å². The molecule has 3 heteroatoms. The summed E-state index contributed by atoms with van der Waals surface area (Å²) >= 11 is 5.43. The Balaban J connectivity index is 2.26. The van der Waals surface area contributed by atoms with Crippen molar-refractivity contribution in [1.29, 1.82) is 0 Å². The highest BCUT2D eigenvalue weighted by Crippen LogP contribution is 2.72. The molecule has 96 valence electrons. The monoisotopic (exact) mass is 315 g/mol. The average molecular weight is 316 g/mol. The minimum absolute atomic E-state index is 0.427. The first kappa shape index (κ1) is 13.6. The van der Waals surface area contributed by atoms with Crippen molar-refractivity contribution in [3.8, 4) is 0 Å². The molecule has 1 nitrogen and oxygen atoms in total. The maximum Gasteiger partial charge on any atom is 0.0701 e. The molecule has 1 aromatic rings. The molecule has 0 bridgehead atoms. The first-order valence-corrected chi connectivity index (χ1v) is 7.92. The van der Waals surface area contributed by atoms with Crippen molar-refractivity contribution in [2.75, 3.05) is 6.54 Å². The van der Waals surface area contributed by atoms with E-state index in [-0.39, 0.29) is 0 Å². The average Bonchev–Trinajstić information content (AvgIpc) is 2.56. The van der Waals surface area contributed by atoms with Crippen molar-refractivity contribution >= 4 is 27.3 Å². The van der Waals surface area contributed by atoms with Crippen LogP contribution in [0.15, 0.2) is 15.9 Å². The predicted octanol–water partition coefficient (Wildman–Crippen LogP) is 4.84. The molecule has 0 aliphatic heterocycles. The largest absolute Gasteiger partial charge is 0.309 e. The molecule has 1 aromatic heterocycles. The lowest BCUT2D eigenvalue weighted by molar-refractivity contribution is 0.424. The fourth-order valence-electron chi connectivity index (χ4n) is 3.18. The number of halogens is 1. The zero-order valence-corrected chi connectivity index (χ0v) is 13.7. The van der Waals surface area contributed by atoms with Crippen LogP contribution in [0.3, 0.4) is 0 Å². The molecule has 1 aliphatic rings. The Morgan fingerprint density at radius 1 is 1.29 bits per heavy atom. The van der Waals surface area contributed by atoms with Gasteiger partial charge in [0, 0.05) is 10.9 Å². The predicted molar refractivity (Wildman–Crippen MR) is 79.5 cm³/mol. The van der Waals surface area contributed by atoms with Crippen LogP contribution in [0.4, 0.5) is 0 Å². The van der Waals surface area contributed by atoms with Crippen molar-refractivity contribution in [2.45, 2.75) is 40.7 Å². The fourth-order valence-corrected chi connectivity index (χ4v) is 4.72. The van der Waals surface area contributed by atoms with Gasteiger partial charge in [-0.2, -0.15) is 0 Å². The normalized spacial score (nSPS) is 23.6. The van der Waals surface area contributed by atoms with Crippen molar-refractivity contribution < 1.29 is 0 Å². The van der Waals surface area contributed by atoms with Crippen LogP contribution in [-0.2, 0) is 0 Å². The quantitative estimate of drug-likeness (QED) is 0.838. The number of hydrogen-bond acceptors (Lipinski definition) is 2. The summed E-state index contributed by atoms with van der Waals surface area (Å²) in [6.45, 7) is 12.8. The Morgan fingerprint density at radius 2 is 1.88 bits per heavy atom. The third kappa shape index (κ3) is 2.11. The second-order valence-corrected chi connectivity index (χ2v) is 8.59. The molecule has 17 heavy (non-hydrogen) atoms. The van der Waals surface area contributed by atoms with Crippen LogP contribution in [0.1, 0.15) is 45.5 Å². The molecule has 0 radical (unpaired) electrons. The van der Waals surface area contributed by atoms with Gasteiger partial charge in [0.25, 0.3) is 0 Å². The molecule has 0 amide bonds. The van der Waals surface area contributed by atoms with E-state index in [1.54, 1.807) is 0 Å². The zero-order chi connectivity index (χ0) is 12.8. The molecule has 1 atom stereocenters. The van der Waals surface area contributed by atoms with E-state index in [1.165, 1.54) is 8.66 Å². The highest BCUT2D eigenvalue weighted by Gasteiger charge is 2.67. The van der Waals surface area contributed by atoms with Crippen LogP contribution in [0.2, 0.25) is 0 Å². The molecule has 0 saturated heterocycles. The van der Waals surface area contributed by atoms with Crippen LogP contribution in [-0.4, -0.2) is 6.54 Å². The number of hydrogen-bond donors (Lipinski definition) is 1. The Morgan fingerprint density at radius 3 is 2.24 bits per heavy atom.